The second-order valence-electron chi connectivity index (χ2n) is 4.53. The molecule has 1 aromatic carbocycles. The van der Waals surface area contributed by atoms with E-state index >= 15 is 0 Å². The number of hydrogen-bond donors (Lipinski definition) is 1. The molecule has 4 heteroatoms. The maximum absolute atomic E-state index is 9.47. The van der Waals surface area contributed by atoms with Gasteiger partial charge in [0.05, 0.1) is 17.3 Å². The van der Waals surface area contributed by atoms with Crippen molar-refractivity contribution in [3.05, 3.63) is 24.3 Å². The summed E-state index contributed by atoms with van der Waals surface area (Å²) >= 11 is 1.55. The van der Waals surface area contributed by atoms with E-state index in [-0.39, 0.29) is 12.6 Å². The first-order valence-electron chi connectivity index (χ1n) is 6.12. The summed E-state index contributed by atoms with van der Waals surface area (Å²) in [6, 6.07) is 8.57. The van der Waals surface area contributed by atoms with Crippen molar-refractivity contribution in [3.8, 4) is 0 Å². The van der Waals surface area contributed by atoms with Gasteiger partial charge in [0, 0.05) is 11.9 Å². The summed E-state index contributed by atoms with van der Waals surface area (Å²) in [5, 5.41) is 10.7. The number of aliphatic hydroxyl groups is 1. The van der Waals surface area contributed by atoms with Crippen LogP contribution in [0.15, 0.2) is 24.3 Å². The topological polar surface area (TPSA) is 36.4 Å². The predicted octanol–water partition coefficient (Wildman–Crippen LogP) is 2.65. The Morgan fingerprint density at radius 3 is 3.12 bits per heavy atom. The van der Waals surface area contributed by atoms with E-state index in [4.69, 9.17) is 0 Å². The number of aliphatic hydroxyl groups excluding tert-OH is 1. The lowest BCUT2D eigenvalue weighted by molar-refractivity contribution is 0.240. The van der Waals surface area contributed by atoms with Gasteiger partial charge in [0.15, 0.2) is 0 Å². The number of aromatic nitrogens is 1. The lowest BCUT2D eigenvalue weighted by Crippen LogP contribution is -2.42. The molecule has 0 unspecified atom stereocenters. The molecule has 0 aliphatic carbocycles. The van der Waals surface area contributed by atoms with Crippen LogP contribution in [-0.2, 0) is 0 Å². The quantitative estimate of drug-likeness (QED) is 0.887. The number of hydrogen-bond acceptors (Lipinski definition) is 4. The van der Waals surface area contributed by atoms with Crippen molar-refractivity contribution < 1.29 is 5.11 Å². The normalized spacial score (nSPS) is 21.0. The summed E-state index contributed by atoms with van der Waals surface area (Å²) in [6.07, 6.45) is 3.48. The van der Waals surface area contributed by atoms with Gasteiger partial charge >= 0.3 is 0 Å². The molecule has 1 atom stereocenters. The average molecular weight is 248 g/mol. The maximum atomic E-state index is 9.47. The molecule has 3 rings (SSSR count). The molecule has 3 nitrogen and oxygen atoms in total. The largest absolute Gasteiger partial charge is 0.394 e. The van der Waals surface area contributed by atoms with Gasteiger partial charge in [0.25, 0.3) is 0 Å². The summed E-state index contributed by atoms with van der Waals surface area (Å²) in [5.74, 6) is 1.06. The van der Waals surface area contributed by atoms with Crippen LogP contribution in [0, 0.1) is 0 Å². The zero-order valence-corrected chi connectivity index (χ0v) is 10.5. The Hall–Kier alpha value is -1.13. The van der Waals surface area contributed by atoms with Crippen LogP contribution >= 0.6 is 11.5 Å². The number of anilines is 1. The van der Waals surface area contributed by atoms with Crippen molar-refractivity contribution in [2.75, 3.05) is 18.1 Å². The zero-order chi connectivity index (χ0) is 11.7. The van der Waals surface area contributed by atoms with Crippen LogP contribution in [0.4, 0.5) is 5.82 Å². The third-order valence-electron chi connectivity index (χ3n) is 3.47. The van der Waals surface area contributed by atoms with Crippen LogP contribution in [0.1, 0.15) is 19.3 Å². The monoisotopic (exact) mass is 248 g/mol. The third-order valence-corrected chi connectivity index (χ3v) is 4.29. The van der Waals surface area contributed by atoms with Gasteiger partial charge in [-0.3, -0.25) is 0 Å². The Bertz CT molecular complexity index is 511. The molecule has 17 heavy (non-hydrogen) atoms. The van der Waals surface area contributed by atoms with Gasteiger partial charge in [0.1, 0.15) is 5.82 Å². The molecule has 0 bridgehead atoms. The molecule has 1 aromatic heterocycles. The smallest absolute Gasteiger partial charge is 0.150 e. The summed E-state index contributed by atoms with van der Waals surface area (Å²) in [7, 11) is 0. The van der Waals surface area contributed by atoms with E-state index in [1.165, 1.54) is 22.9 Å². The molecule has 0 spiro atoms. The molecular formula is C13H16N2OS. The number of benzene rings is 1. The zero-order valence-electron chi connectivity index (χ0n) is 9.67. The molecular weight excluding hydrogens is 232 g/mol. The Labute approximate surface area is 105 Å². The van der Waals surface area contributed by atoms with Gasteiger partial charge in [0.2, 0.25) is 0 Å². The highest BCUT2D eigenvalue weighted by Gasteiger charge is 2.24. The van der Waals surface area contributed by atoms with Gasteiger partial charge in [-0.25, -0.2) is 0 Å². The van der Waals surface area contributed by atoms with Crippen LogP contribution in [-0.4, -0.2) is 28.7 Å². The second kappa shape index (κ2) is 4.63. The molecule has 90 valence electrons. The highest BCUT2D eigenvalue weighted by Crippen LogP contribution is 2.32. The molecule has 1 saturated heterocycles. The Kier molecular flexibility index (Phi) is 2.99. The maximum Gasteiger partial charge on any atom is 0.150 e. The van der Waals surface area contributed by atoms with Gasteiger partial charge in [-0.1, -0.05) is 12.1 Å². The van der Waals surface area contributed by atoms with Gasteiger partial charge in [-0.2, -0.15) is 4.37 Å². The molecule has 1 aliphatic heterocycles. The molecule has 1 aliphatic rings. The molecule has 0 radical (unpaired) electrons. The number of piperidine rings is 1. The standard InChI is InChI=1S/C13H16N2OS/c16-9-10-5-3-4-8-15(10)13-11-6-1-2-7-12(11)17-14-13/h1-2,6-7,10,16H,3-5,8-9H2/t10-/m1/s1. The molecule has 0 saturated carbocycles. The Morgan fingerprint density at radius 1 is 1.35 bits per heavy atom. The number of rotatable bonds is 2. The van der Waals surface area contributed by atoms with Crippen LogP contribution in [0.25, 0.3) is 10.1 Å². The van der Waals surface area contributed by atoms with Crippen molar-refractivity contribution >= 4 is 27.4 Å². The fraction of sp³-hybridized carbons (Fsp3) is 0.462. The van der Waals surface area contributed by atoms with Crippen molar-refractivity contribution in [3.63, 3.8) is 0 Å². The highest BCUT2D eigenvalue weighted by atomic mass is 32.1. The van der Waals surface area contributed by atoms with Crippen LogP contribution in [0.2, 0.25) is 0 Å². The first-order valence-corrected chi connectivity index (χ1v) is 6.89. The molecule has 2 heterocycles. The minimum absolute atomic E-state index is 0.228. The summed E-state index contributed by atoms with van der Waals surface area (Å²) in [6.45, 7) is 1.24. The van der Waals surface area contributed by atoms with E-state index in [2.05, 4.69) is 27.5 Å². The minimum atomic E-state index is 0.228. The number of fused-ring (bicyclic) bond motifs is 1. The molecule has 0 amide bonds. The minimum Gasteiger partial charge on any atom is -0.394 e. The van der Waals surface area contributed by atoms with Crippen molar-refractivity contribution in [1.29, 1.82) is 0 Å². The van der Waals surface area contributed by atoms with Gasteiger partial charge < -0.3 is 10.0 Å². The molecule has 1 N–H and O–H groups in total. The van der Waals surface area contributed by atoms with E-state index in [0.717, 1.165) is 18.8 Å². The number of nitrogens with zero attached hydrogens (tertiary/aromatic N) is 2. The second-order valence-corrected chi connectivity index (χ2v) is 5.33. The van der Waals surface area contributed by atoms with Crippen molar-refractivity contribution in [2.45, 2.75) is 25.3 Å². The van der Waals surface area contributed by atoms with Crippen LogP contribution in [0.5, 0.6) is 0 Å². The lowest BCUT2D eigenvalue weighted by atomic mass is 10.0. The predicted molar refractivity (Wildman–Crippen MR) is 71.7 cm³/mol. The van der Waals surface area contributed by atoms with E-state index in [1.54, 1.807) is 11.5 Å². The first kappa shape index (κ1) is 11.0. The van der Waals surface area contributed by atoms with Crippen molar-refractivity contribution in [2.24, 2.45) is 0 Å². The van der Waals surface area contributed by atoms with Gasteiger partial charge in [-0.05, 0) is 42.9 Å². The van der Waals surface area contributed by atoms with Crippen LogP contribution in [0.3, 0.4) is 0 Å². The third kappa shape index (κ3) is 1.91. The Balaban J connectivity index is 2.01. The SMILES string of the molecule is OC[C@H]1CCCCN1c1nsc2ccccc12. The van der Waals surface area contributed by atoms with E-state index < -0.39 is 0 Å². The summed E-state index contributed by atoms with van der Waals surface area (Å²) < 4.78 is 5.80. The fourth-order valence-electron chi connectivity index (χ4n) is 2.55. The Morgan fingerprint density at radius 2 is 2.24 bits per heavy atom. The summed E-state index contributed by atoms with van der Waals surface area (Å²) in [4.78, 5) is 2.28. The first-order chi connectivity index (χ1) is 8.40. The molecule has 2 aromatic rings. The summed E-state index contributed by atoms with van der Waals surface area (Å²) in [5.41, 5.74) is 0. The van der Waals surface area contributed by atoms with E-state index in [9.17, 15) is 5.11 Å². The van der Waals surface area contributed by atoms with E-state index in [1.807, 2.05) is 6.07 Å². The van der Waals surface area contributed by atoms with Crippen LogP contribution < -0.4 is 4.90 Å². The fourth-order valence-corrected chi connectivity index (χ4v) is 3.33. The van der Waals surface area contributed by atoms with Crippen molar-refractivity contribution in [1.82, 2.24) is 4.37 Å². The molecule has 1 fully saturated rings. The van der Waals surface area contributed by atoms with Gasteiger partial charge in [-0.15, -0.1) is 0 Å². The van der Waals surface area contributed by atoms with E-state index in [0.29, 0.717) is 0 Å². The lowest BCUT2D eigenvalue weighted by Gasteiger charge is -2.35. The average Bonchev–Trinajstić information content (AvgIpc) is 2.82. The highest BCUT2D eigenvalue weighted by molar-refractivity contribution is 7.13.